The number of anilines is 1. The molecule has 0 bridgehead atoms. The van der Waals surface area contributed by atoms with Crippen LogP contribution in [0.4, 0.5) is 18.2 Å². The van der Waals surface area contributed by atoms with E-state index in [1.54, 1.807) is 23.6 Å². The molecule has 2 aromatic rings. The zero-order valence-electron chi connectivity index (χ0n) is 24.0. The largest absolute Gasteiger partial charge is 0.430 e. The lowest BCUT2D eigenvalue weighted by Crippen LogP contribution is -2.24. The van der Waals surface area contributed by atoms with Gasteiger partial charge in [0.2, 0.25) is 0 Å². The molecule has 0 aromatic carbocycles. The van der Waals surface area contributed by atoms with Gasteiger partial charge in [0.15, 0.2) is 0 Å². The van der Waals surface area contributed by atoms with Gasteiger partial charge in [-0.25, -0.2) is 0 Å². The molecule has 2 rings (SSSR count). The number of thiophene rings is 1. The molecule has 0 aliphatic rings. The predicted octanol–water partition coefficient (Wildman–Crippen LogP) is 9.67. The van der Waals surface area contributed by atoms with E-state index < -0.39 is 11.9 Å². The lowest BCUT2D eigenvalue weighted by molar-refractivity contribution is -0.0925. The Hall–Kier alpha value is -2.35. The quantitative estimate of drug-likeness (QED) is 0.132. The molecule has 3 N–H and O–H groups in total. The average Bonchev–Trinajstić information content (AvgIpc) is 3.33. The maximum Gasteiger partial charge on any atom is 0.430 e. The van der Waals surface area contributed by atoms with Gasteiger partial charge in [0.1, 0.15) is 5.70 Å². The second-order valence-corrected chi connectivity index (χ2v) is 11.3. The number of hydrogen-bond acceptors (Lipinski definition) is 5. The molecule has 8 heteroatoms. The van der Waals surface area contributed by atoms with E-state index in [4.69, 9.17) is 11.1 Å². The van der Waals surface area contributed by atoms with E-state index in [2.05, 4.69) is 36.7 Å². The van der Waals surface area contributed by atoms with Crippen LogP contribution in [0.3, 0.4) is 0 Å². The molecule has 0 unspecified atom stereocenters. The van der Waals surface area contributed by atoms with Crippen LogP contribution >= 0.6 is 11.3 Å². The minimum Gasteiger partial charge on any atom is -0.395 e. The Morgan fingerprint density at radius 3 is 2.08 bits per heavy atom. The monoisotopic (exact) mass is 564 g/mol. The van der Waals surface area contributed by atoms with Gasteiger partial charge in [-0.3, -0.25) is 10.4 Å². The van der Waals surface area contributed by atoms with Crippen molar-refractivity contribution in [3.05, 3.63) is 47.4 Å². The Balaban J connectivity index is 2.39. The first kappa shape index (κ1) is 32.9. The van der Waals surface area contributed by atoms with Crippen LogP contribution in [-0.4, -0.2) is 30.0 Å². The predicted molar refractivity (Wildman–Crippen MR) is 161 cm³/mol. The highest BCUT2D eigenvalue weighted by Gasteiger charge is 2.31. The summed E-state index contributed by atoms with van der Waals surface area (Å²) < 4.78 is 38.8. The summed E-state index contributed by atoms with van der Waals surface area (Å²) in [5.74, 6) is 0. The number of rotatable bonds is 19. The topological polar surface area (TPSA) is 66.0 Å². The molecular weight excluding hydrogens is 517 g/mol. The molecule has 0 spiro atoms. The Kier molecular flexibility index (Phi) is 14.6. The molecule has 0 aliphatic carbocycles. The van der Waals surface area contributed by atoms with Crippen LogP contribution in [0, 0.1) is 5.41 Å². The van der Waals surface area contributed by atoms with E-state index in [9.17, 15) is 13.2 Å². The van der Waals surface area contributed by atoms with Crippen LogP contribution in [0.1, 0.15) is 109 Å². The number of pyridine rings is 1. The molecule has 4 nitrogen and oxygen atoms in total. The maximum atomic E-state index is 12.9. The van der Waals surface area contributed by atoms with E-state index >= 15 is 0 Å². The molecular formula is C31H47F3N4S. The number of halogens is 3. The number of nitrogens with one attached hydrogen (secondary N) is 1. The van der Waals surface area contributed by atoms with Crippen LogP contribution in [0.5, 0.6) is 0 Å². The van der Waals surface area contributed by atoms with Crippen LogP contribution in [0.15, 0.2) is 36.2 Å². The third kappa shape index (κ3) is 11.3. The van der Waals surface area contributed by atoms with E-state index in [0.29, 0.717) is 6.08 Å². The van der Waals surface area contributed by atoms with Crippen molar-refractivity contribution in [1.82, 2.24) is 4.98 Å². The average molecular weight is 565 g/mol. The number of nitrogens with zero attached hydrogens (tertiary/aromatic N) is 2. The summed E-state index contributed by atoms with van der Waals surface area (Å²) in [6.07, 6.45) is 12.9. The van der Waals surface area contributed by atoms with Gasteiger partial charge in [0, 0.05) is 24.2 Å². The molecule has 2 aromatic heterocycles. The van der Waals surface area contributed by atoms with E-state index in [1.165, 1.54) is 81.2 Å². The summed E-state index contributed by atoms with van der Waals surface area (Å²) in [5.41, 5.74) is 5.86. The van der Waals surface area contributed by atoms with Crippen molar-refractivity contribution in [3.8, 4) is 10.4 Å². The number of unbranched alkanes of at least 4 members (excludes halogenated alkanes) is 9. The fourth-order valence-electron chi connectivity index (χ4n) is 4.56. The number of alkyl halides is 3. The van der Waals surface area contributed by atoms with Gasteiger partial charge < -0.3 is 10.6 Å². The summed E-state index contributed by atoms with van der Waals surface area (Å²) in [6, 6.07) is 5.95. The lowest BCUT2D eigenvalue weighted by Gasteiger charge is -2.23. The molecule has 0 saturated carbocycles. The first-order chi connectivity index (χ1) is 18.7. The van der Waals surface area contributed by atoms with E-state index in [0.717, 1.165) is 36.4 Å². The van der Waals surface area contributed by atoms with Gasteiger partial charge in [-0.15, -0.1) is 11.3 Å². The SMILES string of the molecule is CCCCCCc1cc(N(CCCCCC)CCCCCC)sc1-c1ccnc(C(=N)C=C(N)C(F)(F)F)c1. The third-order valence-electron chi connectivity index (χ3n) is 6.90. The van der Waals surface area contributed by atoms with Crippen molar-refractivity contribution in [3.63, 3.8) is 0 Å². The Bertz CT molecular complexity index is 1020. The van der Waals surface area contributed by atoms with Gasteiger partial charge in [-0.2, -0.15) is 13.2 Å². The molecule has 0 amide bonds. The molecule has 0 radical (unpaired) electrons. The highest BCUT2D eigenvalue weighted by molar-refractivity contribution is 7.19. The first-order valence-electron chi connectivity index (χ1n) is 14.7. The normalized spacial score (nSPS) is 12.2. The number of allylic oxidation sites excluding steroid dienone is 2. The number of hydrogen-bond donors (Lipinski definition) is 2. The van der Waals surface area contributed by atoms with Gasteiger partial charge in [0.05, 0.1) is 16.4 Å². The standard InChI is InChI=1S/C31H47F3N4S/c1-4-7-10-13-16-24-22-29(38(19-14-11-8-5-2)20-15-12-9-6-3)39-30(24)25-17-18-37-27(21-25)26(35)23-28(36)31(32,33)34/h17-18,21-23,35H,4-16,19-20,36H2,1-3H3. The van der Waals surface area contributed by atoms with Crippen molar-refractivity contribution in [2.24, 2.45) is 5.73 Å². The Morgan fingerprint density at radius 2 is 1.51 bits per heavy atom. The van der Waals surface area contributed by atoms with Gasteiger partial charge in [-0.05, 0) is 61.1 Å². The van der Waals surface area contributed by atoms with Crippen molar-refractivity contribution in [1.29, 1.82) is 5.41 Å². The lowest BCUT2D eigenvalue weighted by atomic mass is 10.0. The smallest absolute Gasteiger partial charge is 0.395 e. The van der Waals surface area contributed by atoms with Gasteiger partial charge in [0.25, 0.3) is 0 Å². The number of nitrogens with two attached hydrogens (primary N) is 1. The van der Waals surface area contributed by atoms with Crippen LogP contribution in [0.2, 0.25) is 0 Å². The van der Waals surface area contributed by atoms with Crippen molar-refractivity contribution in [2.75, 3.05) is 18.0 Å². The molecule has 0 atom stereocenters. The fraction of sp³-hybridized carbons (Fsp3) is 0.613. The zero-order chi connectivity index (χ0) is 28.7. The van der Waals surface area contributed by atoms with Crippen LogP contribution in [0.25, 0.3) is 10.4 Å². The number of aromatic nitrogens is 1. The molecule has 0 saturated heterocycles. The van der Waals surface area contributed by atoms with Crippen LogP contribution in [-0.2, 0) is 6.42 Å². The summed E-state index contributed by atoms with van der Waals surface area (Å²) in [6.45, 7) is 8.74. The zero-order valence-corrected chi connectivity index (χ0v) is 24.8. The molecule has 39 heavy (non-hydrogen) atoms. The number of aryl methyl sites for hydroxylation is 1. The first-order valence-corrected chi connectivity index (χ1v) is 15.5. The minimum absolute atomic E-state index is 0.183. The highest BCUT2D eigenvalue weighted by Crippen LogP contribution is 2.39. The molecule has 2 heterocycles. The molecule has 218 valence electrons. The highest BCUT2D eigenvalue weighted by atomic mass is 32.1. The molecule has 0 fully saturated rings. The van der Waals surface area contributed by atoms with Crippen molar-refractivity contribution < 1.29 is 13.2 Å². The maximum absolute atomic E-state index is 12.9. The second-order valence-electron chi connectivity index (χ2n) is 10.3. The van der Waals surface area contributed by atoms with Crippen LogP contribution < -0.4 is 10.6 Å². The summed E-state index contributed by atoms with van der Waals surface area (Å²) in [7, 11) is 0. The minimum atomic E-state index is -4.67. The van der Waals surface area contributed by atoms with Crippen molar-refractivity contribution in [2.45, 2.75) is 110 Å². The summed E-state index contributed by atoms with van der Waals surface area (Å²) >= 11 is 1.76. The van der Waals surface area contributed by atoms with E-state index in [1.807, 2.05) is 6.07 Å². The fourth-order valence-corrected chi connectivity index (χ4v) is 5.82. The van der Waals surface area contributed by atoms with E-state index in [-0.39, 0.29) is 11.4 Å². The third-order valence-corrected chi connectivity index (χ3v) is 8.18. The van der Waals surface area contributed by atoms with Gasteiger partial charge in [-0.1, -0.05) is 78.6 Å². The Labute approximate surface area is 237 Å². The van der Waals surface area contributed by atoms with Crippen molar-refractivity contribution >= 4 is 22.0 Å². The second kappa shape index (κ2) is 17.4. The van der Waals surface area contributed by atoms with Gasteiger partial charge >= 0.3 is 6.18 Å². The summed E-state index contributed by atoms with van der Waals surface area (Å²) in [5, 5.41) is 9.44. The Morgan fingerprint density at radius 1 is 0.923 bits per heavy atom. The molecule has 0 aliphatic heterocycles. The summed E-state index contributed by atoms with van der Waals surface area (Å²) in [4.78, 5) is 7.83.